The van der Waals surface area contributed by atoms with E-state index in [9.17, 15) is 4.79 Å². The second kappa shape index (κ2) is 4.94. The predicted octanol–water partition coefficient (Wildman–Crippen LogP) is 1.31. The highest BCUT2D eigenvalue weighted by Crippen LogP contribution is 2.21. The summed E-state index contributed by atoms with van der Waals surface area (Å²) < 4.78 is 0. The van der Waals surface area contributed by atoms with Gasteiger partial charge in [0.15, 0.2) is 0 Å². The Labute approximate surface area is 106 Å². The van der Waals surface area contributed by atoms with Crippen molar-refractivity contribution in [1.29, 1.82) is 0 Å². The number of anilines is 1. The number of benzene rings is 1. The van der Waals surface area contributed by atoms with Crippen LogP contribution in [0.3, 0.4) is 0 Å². The third kappa shape index (κ3) is 2.70. The van der Waals surface area contributed by atoms with Crippen LogP contribution in [0.5, 0.6) is 0 Å². The van der Waals surface area contributed by atoms with Crippen molar-refractivity contribution in [2.75, 3.05) is 39.0 Å². The van der Waals surface area contributed by atoms with E-state index in [4.69, 9.17) is 17.3 Å². The minimum absolute atomic E-state index is 0.0110. The zero-order valence-electron chi connectivity index (χ0n) is 9.82. The lowest BCUT2D eigenvalue weighted by molar-refractivity contribution is 0.0664. The maximum Gasteiger partial charge on any atom is 0.255 e. The molecule has 1 amide bonds. The molecule has 1 fully saturated rings. The first-order valence-corrected chi connectivity index (χ1v) is 5.98. The average molecular weight is 254 g/mol. The maximum absolute atomic E-state index is 12.2. The zero-order chi connectivity index (χ0) is 12.4. The number of rotatable bonds is 1. The van der Waals surface area contributed by atoms with E-state index in [-0.39, 0.29) is 5.91 Å². The number of piperazine rings is 1. The average Bonchev–Trinajstić information content (AvgIpc) is 2.29. The Morgan fingerprint density at radius 2 is 1.94 bits per heavy atom. The monoisotopic (exact) mass is 253 g/mol. The fourth-order valence-corrected chi connectivity index (χ4v) is 2.15. The van der Waals surface area contributed by atoms with Crippen LogP contribution >= 0.6 is 11.6 Å². The summed E-state index contributed by atoms with van der Waals surface area (Å²) in [5.74, 6) is -0.0110. The molecule has 5 heteroatoms. The summed E-state index contributed by atoms with van der Waals surface area (Å²) in [7, 11) is 2.05. The summed E-state index contributed by atoms with van der Waals surface area (Å²) in [6.45, 7) is 3.29. The van der Waals surface area contributed by atoms with Gasteiger partial charge in [-0.15, -0.1) is 0 Å². The van der Waals surface area contributed by atoms with E-state index >= 15 is 0 Å². The van der Waals surface area contributed by atoms with Crippen molar-refractivity contribution in [2.24, 2.45) is 0 Å². The van der Waals surface area contributed by atoms with E-state index < -0.39 is 0 Å². The number of hydrogen-bond donors (Lipinski definition) is 1. The molecule has 1 aromatic rings. The highest BCUT2D eigenvalue weighted by atomic mass is 35.5. The number of nitrogens with two attached hydrogens (primary N) is 1. The van der Waals surface area contributed by atoms with Crippen molar-refractivity contribution in [3.63, 3.8) is 0 Å². The molecule has 92 valence electrons. The van der Waals surface area contributed by atoms with Gasteiger partial charge >= 0.3 is 0 Å². The van der Waals surface area contributed by atoms with Crippen LogP contribution < -0.4 is 5.73 Å². The van der Waals surface area contributed by atoms with Gasteiger partial charge < -0.3 is 15.5 Å². The molecule has 1 heterocycles. The maximum atomic E-state index is 12.2. The van der Waals surface area contributed by atoms with Gasteiger partial charge in [0.2, 0.25) is 0 Å². The van der Waals surface area contributed by atoms with Crippen LogP contribution in [0.2, 0.25) is 5.02 Å². The Kier molecular flexibility index (Phi) is 3.54. The molecule has 1 saturated heterocycles. The summed E-state index contributed by atoms with van der Waals surface area (Å²) in [6.07, 6.45) is 0. The molecular weight excluding hydrogens is 238 g/mol. The minimum Gasteiger partial charge on any atom is -0.399 e. The van der Waals surface area contributed by atoms with Crippen molar-refractivity contribution in [3.8, 4) is 0 Å². The van der Waals surface area contributed by atoms with Crippen LogP contribution in [-0.4, -0.2) is 48.9 Å². The molecule has 0 radical (unpaired) electrons. The third-order valence-electron chi connectivity index (χ3n) is 3.01. The number of hydrogen-bond acceptors (Lipinski definition) is 3. The van der Waals surface area contributed by atoms with Gasteiger partial charge in [0.05, 0.1) is 10.6 Å². The summed E-state index contributed by atoms with van der Waals surface area (Å²) >= 11 is 6.03. The summed E-state index contributed by atoms with van der Waals surface area (Å²) in [5, 5.41) is 0.425. The number of likely N-dealkylation sites (N-methyl/N-ethyl adjacent to an activating group) is 1. The molecular formula is C12H16ClN3O. The molecule has 0 aliphatic carbocycles. The lowest BCUT2D eigenvalue weighted by atomic mass is 10.1. The van der Waals surface area contributed by atoms with Gasteiger partial charge in [-0.25, -0.2) is 0 Å². The number of nitrogens with zero attached hydrogens (tertiary/aromatic N) is 2. The third-order valence-corrected chi connectivity index (χ3v) is 3.33. The van der Waals surface area contributed by atoms with E-state index in [1.54, 1.807) is 18.2 Å². The molecule has 0 atom stereocenters. The molecule has 1 aliphatic rings. The first-order chi connectivity index (χ1) is 8.08. The smallest absolute Gasteiger partial charge is 0.255 e. The number of carbonyl (C=O) groups excluding carboxylic acids is 1. The van der Waals surface area contributed by atoms with Crippen LogP contribution in [0.25, 0.3) is 0 Å². The largest absolute Gasteiger partial charge is 0.399 e. The van der Waals surface area contributed by atoms with Gasteiger partial charge in [-0.2, -0.15) is 0 Å². The van der Waals surface area contributed by atoms with E-state index in [1.807, 2.05) is 4.90 Å². The van der Waals surface area contributed by atoms with Gasteiger partial charge in [-0.3, -0.25) is 4.79 Å². The van der Waals surface area contributed by atoms with Crippen LogP contribution in [0.4, 0.5) is 5.69 Å². The van der Waals surface area contributed by atoms with Crippen LogP contribution in [-0.2, 0) is 0 Å². The number of nitrogen functional groups attached to an aromatic ring is 1. The van der Waals surface area contributed by atoms with Crippen molar-refractivity contribution < 1.29 is 4.79 Å². The van der Waals surface area contributed by atoms with Gasteiger partial charge in [-0.1, -0.05) is 11.6 Å². The lowest BCUT2D eigenvalue weighted by Crippen LogP contribution is -2.47. The fourth-order valence-electron chi connectivity index (χ4n) is 1.88. The SMILES string of the molecule is CN1CCN(C(=O)c2ccc(N)cc2Cl)CC1. The summed E-state index contributed by atoms with van der Waals surface area (Å²) in [5.41, 5.74) is 6.72. The molecule has 17 heavy (non-hydrogen) atoms. The normalized spacial score (nSPS) is 17.2. The minimum atomic E-state index is -0.0110. The second-order valence-electron chi connectivity index (χ2n) is 4.33. The Balaban J connectivity index is 2.14. The number of amides is 1. The molecule has 2 N–H and O–H groups in total. The van der Waals surface area contributed by atoms with Gasteiger partial charge in [0.1, 0.15) is 0 Å². The predicted molar refractivity (Wildman–Crippen MR) is 69.3 cm³/mol. The van der Waals surface area contributed by atoms with Crippen molar-refractivity contribution in [3.05, 3.63) is 28.8 Å². The number of carbonyl (C=O) groups is 1. The van der Waals surface area contributed by atoms with Crippen LogP contribution in [0.1, 0.15) is 10.4 Å². The van der Waals surface area contributed by atoms with E-state index in [0.717, 1.165) is 26.2 Å². The Morgan fingerprint density at radius 3 is 2.53 bits per heavy atom. The van der Waals surface area contributed by atoms with Gasteiger partial charge in [0, 0.05) is 31.9 Å². The van der Waals surface area contributed by atoms with Crippen LogP contribution in [0, 0.1) is 0 Å². The highest BCUT2D eigenvalue weighted by molar-refractivity contribution is 6.34. The molecule has 0 spiro atoms. The van der Waals surface area contributed by atoms with E-state index in [1.165, 1.54) is 0 Å². The molecule has 0 saturated carbocycles. The van der Waals surface area contributed by atoms with Crippen molar-refractivity contribution in [1.82, 2.24) is 9.80 Å². The molecule has 2 rings (SSSR count). The van der Waals surface area contributed by atoms with Gasteiger partial charge in [-0.05, 0) is 25.2 Å². The van der Waals surface area contributed by atoms with Crippen LogP contribution in [0.15, 0.2) is 18.2 Å². The molecule has 1 aliphatic heterocycles. The van der Waals surface area contributed by atoms with Crippen molar-refractivity contribution >= 4 is 23.2 Å². The molecule has 4 nitrogen and oxygen atoms in total. The van der Waals surface area contributed by atoms with Crippen molar-refractivity contribution in [2.45, 2.75) is 0 Å². The quantitative estimate of drug-likeness (QED) is 0.768. The highest BCUT2D eigenvalue weighted by Gasteiger charge is 2.21. The first kappa shape index (κ1) is 12.2. The molecule has 0 unspecified atom stereocenters. The number of halogens is 1. The Hall–Kier alpha value is -1.26. The Morgan fingerprint density at radius 1 is 1.29 bits per heavy atom. The zero-order valence-corrected chi connectivity index (χ0v) is 10.6. The molecule has 1 aromatic carbocycles. The standard InChI is InChI=1S/C12H16ClN3O/c1-15-4-6-16(7-5-15)12(17)10-3-2-9(14)8-11(10)13/h2-3,8H,4-7,14H2,1H3. The first-order valence-electron chi connectivity index (χ1n) is 5.61. The Bertz CT molecular complexity index is 428. The van der Waals surface area contributed by atoms with E-state index in [2.05, 4.69) is 11.9 Å². The summed E-state index contributed by atoms with van der Waals surface area (Å²) in [6, 6.07) is 5.01. The molecule has 0 aromatic heterocycles. The topological polar surface area (TPSA) is 49.6 Å². The van der Waals surface area contributed by atoms with E-state index in [0.29, 0.717) is 16.3 Å². The summed E-state index contributed by atoms with van der Waals surface area (Å²) in [4.78, 5) is 16.3. The fraction of sp³-hybridized carbons (Fsp3) is 0.417. The second-order valence-corrected chi connectivity index (χ2v) is 4.74. The lowest BCUT2D eigenvalue weighted by Gasteiger charge is -2.32. The van der Waals surface area contributed by atoms with Gasteiger partial charge in [0.25, 0.3) is 5.91 Å². The molecule has 0 bridgehead atoms.